The van der Waals surface area contributed by atoms with Gasteiger partial charge >= 0.3 is 0 Å². The highest BCUT2D eigenvalue weighted by atomic mass is 35.5. The number of fused-ring (bicyclic) bond motifs is 5. The summed E-state index contributed by atoms with van der Waals surface area (Å²) in [4.78, 5) is 67.1. The van der Waals surface area contributed by atoms with Gasteiger partial charge in [-0.2, -0.15) is 0 Å². The lowest BCUT2D eigenvalue weighted by Gasteiger charge is -2.51. The molecule has 2 aliphatic heterocycles. The molecule has 0 aromatic heterocycles. The van der Waals surface area contributed by atoms with Gasteiger partial charge in [0.1, 0.15) is 11.6 Å². The Balaban J connectivity index is 1.31. The molecule has 49 heavy (non-hydrogen) atoms. The van der Waals surface area contributed by atoms with Crippen molar-refractivity contribution >= 4 is 74.8 Å². The van der Waals surface area contributed by atoms with Crippen molar-refractivity contribution in [3.05, 3.63) is 114 Å². The van der Waals surface area contributed by atoms with Gasteiger partial charge in [0.15, 0.2) is 15.5 Å². The second-order valence-corrected chi connectivity index (χ2v) is 14.3. The van der Waals surface area contributed by atoms with Crippen LogP contribution in [0.25, 0.3) is 10.8 Å². The van der Waals surface area contributed by atoms with Crippen LogP contribution in [-0.4, -0.2) is 44.3 Å². The van der Waals surface area contributed by atoms with Gasteiger partial charge in [-0.15, -0.1) is 23.2 Å². The number of nitrogens with zero attached hydrogens (tertiary/aromatic N) is 2. The maximum atomic E-state index is 14.6. The van der Waals surface area contributed by atoms with Crippen LogP contribution in [-0.2, 0) is 19.2 Å². The summed E-state index contributed by atoms with van der Waals surface area (Å²) in [6.45, 7) is 1.42. The van der Waals surface area contributed by atoms with Crippen LogP contribution in [0.3, 0.4) is 0 Å². The first-order valence-electron chi connectivity index (χ1n) is 15.8. The van der Waals surface area contributed by atoms with E-state index in [9.17, 15) is 33.5 Å². The summed E-state index contributed by atoms with van der Waals surface area (Å²) in [7, 11) is 0. The molecule has 0 spiro atoms. The number of halogens is 3. The van der Waals surface area contributed by atoms with Gasteiger partial charge in [0, 0.05) is 16.9 Å². The predicted molar refractivity (Wildman–Crippen MR) is 181 cm³/mol. The van der Waals surface area contributed by atoms with E-state index in [1.54, 1.807) is 54.6 Å². The lowest BCUT2D eigenvalue weighted by atomic mass is 9.56. The first-order valence-corrected chi connectivity index (χ1v) is 16.6. The van der Waals surface area contributed by atoms with Crippen molar-refractivity contribution in [2.45, 2.75) is 35.4 Å². The van der Waals surface area contributed by atoms with Gasteiger partial charge in [0.2, 0.25) is 11.8 Å². The number of Topliss-reactive ketones (excluding diaryl/α,β-unsaturated/α-hetero) is 1. The number of hydrogen-bond donors (Lipinski definition) is 1. The molecule has 3 fully saturated rings. The predicted octanol–water partition coefficient (Wildman–Crippen LogP) is 6.66. The van der Waals surface area contributed by atoms with Crippen molar-refractivity contribution in [3.8, 4) is 5.75 Å². The fourth-order valence-corrected chi connectivity index (χ4v) is 9.33. The second-order valence-electron chi connectivity index (χ2n) is 13.1. The number of phenolic OH excluding ortho intramolecular Hbond substituents is 1. The molecule has 11 heteroatoms. The number of aromatic hydroxyl groups is 1. The van der Waals surface area contributed by atoms with Gasteiger partial charge in [-0.3, -0.25) is 28.9 Å². The minimum atomic E-state index is -2.11. The van der Waals surface area contributed by atoms with Crippen LogP contribution >= 0.6 is 23.2 Å². The molecule has 2 heterocycles. The summed E-state index contributed by atoms with van der Waals surface area (Å²) in [5.41, 5.74) is 1.94. The molecule has 1 saturated carbocycles. The quantitative estimate of drug-likeness (QED) is 0.111. The minimum absolute atomic E-state index is 0.00470. The normalized spacial score (nSPS) is 29.2. The molecular weight excluding hydrogens is 670 g/mol. The summed E-state index contributed by atoms with van der Waals surface area (Å²) >= 11 is 15.0. The molecule has 4 aromatic rings. The second kappa shape index (κ2) is 10.8. The largest absolute Gasteiger partial charge is 0.507 e. The summed E-state index contributed by atoms with van der Waals surface area (Å²) in [5.74, 6) is -6.78. The van der Waals surface area contributed by atoms with Gasteiger partial charge < -0.3 is 5.11 Å². The Bertz CT molecular complexity index is 2190. The number of phenols is 1. The lowest BCUT2D eigenvalue weighted by molar-refractivity contribution is -0.125. The molecule has 246 valence electrons. The monoisotopic (exact) mass is 696 g/mol. The molecule has 4 aromatic carbocycles. The van der Waals surface area contributed by atoms with Crippen molar-refractivity contribution in [1.29, 1.82) is 0 Å². The molecule has 4 amide bonds. The molecule has 1 N–H and O–H groups in total. The van der Waals surface area contributed by atoms with Gasteiger partial charge in [-0.25, -0.2) is 9.29 Å². The van der Waals surface area contributed by atoms with E-state index in [1.807, 2.05) is 6.08 Å². The van der Waals surface area contributed by atoms with E-state index >= 15 is 0 Å². The smallest absolute Gasteiger partial charge is 0.258 e. The molecule has 2 saturated heterocycles. The summed E-state index contributed by atoms with van der Waals surface area (Å²) in [6.07, 6.45) is 1.78. The molecule has 8 rings (SSSR count). The first-order chi connectivity index (χ1) is 23.4. The summed E-state index contributed by atoms with van der Waals surface area (Å²) in [6, 6.07) is 21.2. The molecule has 0 radical (unpaired) electrons. The fraction of sp³-hybridized carbons (Fsp3) is 0.237. The average molecular weight is 698 g/mol. The SMILES string of the molecule is CC(=O)c1ccc(N2C(=O)C3CC=C4C(CC5(Cl)C(=O)N(c6ccc(F)cc6)C(=O)C5(Cl)C4c4ccc(O)c5ccccc45)C3C2=O)cc1. The third kappa shape index (κ3) is 4.18. The average Bonchev–Trinajstić information content (AvgIpc) is 3.43. The number of allylic oxidation sites excluding steroid dienone is 2. The maximum absolute atomic E-state index is 14.6. The molecule has 0 bridgehead atoms. The minimum Gasteiger partial charge on any atom is -0.507 e. The van der Waals surface area contributed by atoms with Crippen LogP contribution in [0.4, 0.5) is 15.8 Å². The van der Waals surface area contributed by atoms with E-state index in [-0.39, 0.29) is 30.1 Å². The lowest BCUT2D eigenvalue weighted by Crippen LogP contribution is -2.60. The third-order valence-electron chi connectivity index (χ3n) is 10.7. The highest BCUT2D eigenvalue weighted by molar-refractivity contribution is 6.58. The maximum Gasteiger partial charge on any atom is 0.258 e. The van der Waals surface area contributed by atoms with Crippen molar-refractivity contribution in [2.24, 2.45) is 17.8 Å². The summed E-state index contributed by atoms with van der Waals surface area (Å²) < 4.78 is 13.9. The van der Waals surface area contributed by atoms with Gasteiger partial charge in [-0.05, 0) is 91.2 Å². The standard InChI is InChI=1S/C38H27Cl2FN2O6/c1-19(44)20-6-10-22(11-7-20)42-33(46)28-15-14-27-29(31(28)34(42)47)18-37(39)35(48)43(23-12-8-21(41)9-13-23)36(49)38(37,40)32(27)26-16-17-30(45)25-5-3-2-4-24(25)26/h2-14,16-17,28-29,31-32,45H,15,18H2,1H3. The molecule has 4 aliphatic rings. The van der Waals surface area contributed by atoms with Gasteiger partial charge in [0.05, 0.1) is 23.2 Å². The van der Waals surface area contributed by atoms with E-state index in [2.05, 4.69) is 0 Å². The van der Waals surface area contributed by atoms with Crippen molar-refractivity contribution in [1.82, 2.24) is 0 Å². The van der Waals surface area contributed by atoms with E-state index in [1.165, 1.54) is 25.1 Å². The Kier molecular flexibility index (Phi) is 6.94. The van der Waals surface area contributed by atoms with Crippen LogP contribution in [0.15, 0.2) is 96.6 Å². The van der Waals surface area contributed by atoms with E-state index in [4.69, 9.17) is 23.2 Å². The number of hydrogen-bond acceptors (Lipinski definition) is 6. The number of benzene rings is 4. The van der Waals surface area contributed by atoms with Crippen molar-refractivity contribution in [3.63, 3.8) is 0 Å². The van der Waals surface area contributed by atoms with Crippen LogP contribution in [0.5, 0.6) is 5.75 Å². The van der Waals surface area contributed by atoms with Crippen LogP contribution < -0.4 is 9.80 Å². The third-order valence-corrected chi connectivity index (χ3v) is 12.1. The van der Waals surface area contributed by atoms with E-state index in [0.29, 0.717) is 33.2 Å². The molecule has 6 unspecified atom stereocenters. The van der Waals surface area contributed by atoms with Crippen molar-refractivity contribution in [2.75, 3.05) is 9.80 Å². The highest BCUT2D eigenvalue weighted by Crippen LogP contribution is 2.66. The number of anilines is 2. The number of carbonyl (C=O) groups excluding carboxylic acids is 5. The van der Waals surface area contributed by atoms with Crippen LogP contribution in [0.2, 0.25) is 0 Å². The molecule has 6 atom stereocenters. The van der Waals surface area contributed by atoms with E-state index in [0.717, 1.165) is 21.9 Å². The Morgan fingerprint density at radius 1 is 0.796 bits per heavy atom. The summed E-state index contributed by atoms with van der Waals surface area (Å²) in [5, 5.41) is 11.8. The van der Waals surface area contributed by atoms with Gasteiger partial charge in [0.25, 0.3) is 11.8 Å². The highest BCUT2D eigenvalue weighted by Gasteiger charge is 2.76. The first kappa shape index (κ1) is 31.4. The number of rotatable bonds is 4. The molecule has 2 aliphatic carbocycles. The van der Waals surface area contributed by atoms with Gasteiger partial charge in [-0.1, -0.05) is 42.0 Å². The number of amides is 4. The molecule has 8 nitrogen and oxygen atoms in total. The number of carbonyl (C=O) groups is 5. The zero-order valence-corrected chi connectivity index (χ0v) is 27.4. The van der Waals surface area contributed by atoms with E-state index < -0.39 is 62.9 Å². The van der Waals surface area contributed by atoms with Crippen molar-refractivity contribution < 1.29 is 33.5 Å². The van der Waals surface area contributed by atoms with Crippen LogP contribution in [0, 0.1) is 23.6 Å². The van der Waals surface area contributed by atoms with Crippen LogP contribution in [0.1, 0.15) is 41.6 Å². The Morgan fingerprint density at radius 3 is 2.10 bits per heavy atom. The fourth-order valence-electron chi connectivity index (χ4n) is 8.40. The Labute approximate surface area is 289 Å². The number of ketones is 1. The zero-order valence-electron chi connectivity index (χ0n) is 25.9. The number of alkyl halides is 2. The molecular formula is C38H27Cl2FN2O6. The zero-order chi connectivity index (χ0) is 34.6. The Morgan fingerprint density at radius 2 is 1.43 bits per heavy atom. The number of imide groups is 2. The topological polar surface area (TPSA) is 112 Å². The Hall–Kier alpha value is -4.86.